The van der Waals surface area contributed by atoms with Crippen LogP contribution in [0.2, 0.25) is 5.02 Å². The van der Waals surface area contributed by atoms with Crippen LogP contribution in [0, 0.1) is 13.8 Å². The molecule has 0 saturated carbocycles. The predicted octanol–water partition coefficient (Wildman–Crippen LogP) is 5.29. The third-order valence-electron chi connectivity index (χ3n) is 5.07. The van der Waals surface area contributed by atoms with E-state index >= 15 is 0 Å². The number of aromatic nitrogens is 1. The number of nitrogens with zero attached hydrogens (tertiary/aromatic N) is 2. The highest BCUT2D eigenvalue weighted by Crippen LogP contribution is 2.35. The summed E-state index contributed by atoms with van der Waals surface area (Å²) < 4.78 is 5.08. The second-order valence-electron chi connectivity index (χ2n) is 7.38. The molecule has 2 heterocycles. The number of carbonyl (C=O) groups is 1. The van der Waals surface area contributed by atoms with Gasteiger partial charge in [0, 0.05) is 22.5 Å². The number of nitrogens with one attached hydrogen (secondary N) is 2. The number of allylic oxidation sites excluding steroid dienone is 1. The SMILES string of the molecule is CC1=C(C(=O)Nc2cc(C)on2)C(c2cccc(Cl)c2)NC(=S)N1c1ccc(C)cc1. The molecule has 158 valence electrons. The molecule has 1 aliphatic heterocycles. The van der Waals surface area contributed by atoms with Crippen molar-refractivity contribution in [2.24, 2.45) is 0 Å². The van der Waals surface area contributed by atoms with E-state index in [0.29, 0.717) is 27.3 Å². The van der Waals surface area contributed by atoms with Gasteiger partial charge in [-0.2, -0.15) is 0 Å². The molecule has 0 fully saturated rings. The summed E-state index contributed by atoms with van der Waals surface area (Å²) in [6.07, 6.45) is 0. The molecule has 0 bridgehead atoms. The lowest BCUT2D eigenvalue weighted by Crippen LogP contribution is -2.48. The minimum Gasteiger partial charge on any atom is -0.360 e. The van der Waals surface area contributed by atoms with Crippen LogP contribution in [0.3, 0.4) is 0 Å². The molecule has 8 heteroatoms. The van der Waals surface area contributed by atoms with Gasteiger partial charge in [-0.1, -0.05) is 46.6 Å². The Morgan fingerprint density at radius 1 is 1.16 bits per heavy atom. The van der Waals surface area contributed by atoms with E-state index in [1.807, 2.05) is 61.2 Å². The number of benzene rings is 2. The van der Waals surface area contributed by atoms with Crippen LogP contribution in [-0.2, 0) is 4.79 Å². The number of anilines is 2. The fourth-order valence-electron chi connectivity index (χ4n) is 3.59. The van der Waals surface area contributed by atoms with Crippen molar-refractivity contribution in [1.29, 1.82) is 0 Å². The first-order chi connectivity index (χ1) is 14.8. The molecule has 31 heavy (non-hydrogen) atoms. The van der Waals surface area contributed by atoms with Gasteiger partial charge in [-0.05, 0) is 62.8 Å². The fourth-order valence-corrected chi connectivity index (χ4v) is 4.15. The Balaban J connectivity index is 1.81. The van der Waals surface area contributed by atoms with Crippen LogP contribution in [0.15, 0.2) is 70.4 Å². The first-order valence-electron chi connectivity index (χ1n) is 9.71. The quantitative estimate of drug-likeness (QED) is 0.524. The fraction of sp³-hybridized carbons (Fsp3) is 0.174. The van der Waals surface area contributed by atoms with E-state index in [9.17, 15) is 4.79 Å². The summed E-state index contributed by atoms with van der Waals surface area (Å²) in [6.45, 7) is 5.67. The van der Waals surface area contributed by atoms with Crippen LogP contribution in [0.25, 0.3) is 0 Å². The maximum Gasteiger partial charge on any atom is 0.257 e. The predicted molar refractivity (Wildman–Crippen MR) is 126 cm³/mol. The summed E-state index contributed by atoms with van der Waals surface area (Å²) in [5.41, 5.74) is 4.07. The number of halogens is 1. The molecule has 1 unspecified atom stereocenters. The largest absolute Gasteiger partial charge is 0.360 e. The van der Waals surface area contributed by atoms with Crippen LogP contribution in [0.5, 0.6) is 0 Å². The van der Waals surface area contributed by atoms with Gasteiger partial charge in [-0.3, -0.25) is 9.69 Å². The molecule has 1 amide bonds. The highest BCUT2D eigenvalue weighted by atomic mass is 35.5. The molecule has 0 aliphatic carbocycles. The number of hydrogen-bond donors (Lipinski definition) is 2. The summed E-state index contributed by atoms with van der Waals surface area (Å²) in [7, 11) is 0. The van der Waals surface area contributed by atoms with Crippen LogP contribution >= 0.6 is 23.8 Å². The zero-order valence-electron chi connectivity index (χ0n) is 17.3. The van der Waals surface area contributed by atoms with Gasteiger partial charge in [0.2, 0.25) is 0 Å². The van der Waals surface area contributed by atoms with E-state index in [2.05, 4.69) is 15.8 Å². The molecular weight excluding hydrogens is 432 g/mol. The van der Waals surface area contributed by atoms with Gasteiger partial charge in [-0.15, -0.1) is 0 Å². The molecule has 4 rings (SSSR count). The third kappa shape index (κ3) is 4.33. The minimum atomic E-state index is -0.471. The molecular formula is C23H21ClN4O2S. The van der Waals surface area contributed by atoms with Crippen molar-refractivity contribution in [1.82, 2.24) is 10.5 Å². The normalized spacial score (nSPS) is 16.3. The number of carbonyl (C=O) groups excluding carboxylic acids is 1. The monoisotopic (exact) mass is 452 g/mol. The number of aryl methyl sites for hydroxylation is 2. The van der Waals surface area contributed by atoms with E-state index in [-0.39, 0.29) is 5.91 Å². The zero-order chi connectivity index (χ0) is 22.1. The first-order valence-corrected chi connectivity index (χ1v) is 10.5. The number of amides is 1. The van der Waals surface area contributed by atoms with E-state index < -0.39 is 6.04 Å². The molecule has 3 aromatic rings. The van der Waals surface area contributed by atoms with E-state index in [1.54, 1.807) is 19.1 Å². The lowest BCUT2D eigenvalue weighted by Gasteiger charge is -2.38. The summed E-state index contributed by atoms with van der Waals surface area (Å²) in [5.74, 6) is 0.655. The summed E-state index contributed by atoms with van der Waals surface area (Å²) in [5, 5.41) is 11.1. The average molecular weight is 453 g/mol. The maximum absolute atomic E-state index is 13.4. The van der Waals surface area contributed by atoms with Crippen molar-refractivity contribution >= 4 is 46.3 Å². The van der Waals surface area contributed by atoms with Gasteiger partial charge >= 0.3 is 0 Å². The molecule has 0 radical (unpaired) electrons. The molecule has 2 N–H and O–H groups in total. The van der Waals surface area contributed by atoms with Gasteiger partial charge in [0.05, 0.1) is 11.6 Å². The second-order valence-corrected chi connectivity index (χ2v) is 8.21. The third-order valence-corrected chi connectivity index (χ3v) is 5.61. The van der Waals surface area contributed by atoms with Gasteiger partial charge in [0.25, 0.3) is 5.91 Å². The lowest BCUT2D eigenvalue weighted by atomic mass is 9.94. The van der Waals surface area contributed by atoms with Crippen LogP contribution in [-0.4, -0.2) is 16.2 Å². The highest BCUT2D eigenvalue weighted by molar-refractivity contribution is 7.80. The summed E-state index contributed by atoms with van der Waals surface area (Å²) in [6, 6.07) is 16.5. The molecule has 0 saturated heterocycles. The van der Waals surface area contributed by atoms with Crippen molar-refractivity contribution in [2.45, 2.75) is 26.8 Å². The Kier molecular flexibility index (Phi) is 5.80. The molecule has 2 aromatic carbocycles. The van der Waals surface area contributed by atoms with Crippen molar-refractivity contribution in [3.05, 3.63) is 87.8 Å². The van der Waals surface area contributed by atoms with Gasteiger partial charge < -0.3 is 15.2 Å². The van der Waals surface area contributed by atoms with Crippen LogP contribution in [0.1, 0.15) is 29.9 Å². The number of rotatable bonds is 4. The topological polar surface area (TPSA) is 70.4 Å². The minimum absolute atomic E-state index is 0.303. The Bertz CT molecular complexity index is 1190. The van der Waals surface area contributed by atoms with E-state index in [4.69, 9.17) is 28.3 Å². The Morgan fingerprint density at radius 3 is 2.55 bits per heavy atom. The average Bonchev–Trinajstić information content (AvgIpc) is 3.13. The van der Waals surface area contributed by atoms with Crippen molar-refractivity contribution in [3.63, 3.8) is 0 Å². The van der Waals surface area contributed by atoms with Gasteiger partial charge in [0.1, 0.15) is 5.76 Å². The Labute approximate surface area is 190 Å². The molecule has 1 aliphatic rings. The molecule has 1 aromatic heterocycles. The first kappa shape index (κ1) is 21.1. The van der Waals surface area contributed by atoms with Crippen molar-refractivity contribution in [3.8, 4) is 0 Å². The highest BCUT2D eigenvalue weighted by Gasteiger charge is 2.35. The standard InChI is InChI=1S/C23H21ClN4O2S/c1-13-7-9-18(10-8-13)28-15(3)20(22(29)25-19-11-14(2)30-27-19)21(26-23(28)31)16-5-4-6-17(24)12-16/h4-12,21H,1-3H3,(H,26,31)(H,25,27,29). The Hall–Kier alpha value is -3.16. The van der Waals surface area contributed by atoms with E-state index in [1.165, 1.54) is 0 Å². The maximum atomic E-state index is 13.4. The molecule has 1 atom stereocenters. The number of hydrogen-bond acceptors (Lipinski definition) is 4. The van der Waals surface area contributed by atoms with E-state index in [0.717, 1.165) is 22.5 Å². The van der Waals surface area contributed by atoms with Gasteiger partial charge in [-0.25, -0.2) is 0 Å². The molecule has 0 spiro atoms. The number of thiocarbonyl (C=S) groups is 1. The smallest absolute Gasteiger partial charge is 0.257 e. The van der Waals surface area contributed by atoms with Crippen molar-refractivity contribution in [2.75, 3.05) is 10.2 Å². The lowest BCUT2D eigenvalue weighted by molar-refractivity contribution is -0.113. The summed E-state index contributed by atoms with van der Waals surface area (Å²) >= 11 is 11.9. The van der Waals surface area contributed by atoms with Gasteiger partial charge in [0.15, 0.2) is 10.9 Å². The second kappa shape index (κ2) is 8.53. The van der Waals surface area contributed by atoms with Crippen molar-refractivity contribution < 1.29 is 9.32 Å². The Morgan fingerprint density at radius 2 is 1.90 bits per heavy atom. The molecule has 6 nitrogen and oxygen atoms in total. The van der Waals surface area contributed by atoms with Crippen LogP contribution < -0.4 is 15.5 Å². The van der Waals surface area contributed by atoms with Crippen LogP contribution in [0.4, 0.5) is 11.5 Å². The summed E-state index contributed by atoms with van der Waals surface area (Å²) in [4.78, 5) is 15.3. The zero-order valence-corrected chi connectivity index (χ0v) is 18.8.